The standard InChI is InChI=1S/C33H58N4O4/c1-22-17-23(2)35-33(39)30(22)20-34-32(38)29-18-27(19-31(24(29)3)36(4)28-9-13-40-14-10-28)26-7-5-25(6-8-26)21-37-11-15-41-16-12-37/h22-31H,5-21H2,1-4H3,(H,34,38)(H,35,39). The van der Waals surface area contributed by atoms with Crippen molar-refractivity contribution < 1.29 is 19.1 Å². The molecule has 0 aromatic heterocycles. The summed E-state index contributed by atoms with van der Waals surface area (Å²) in [7, 11) is 2.31. The number of hydrogen-bond acceptors (Lipinski definition) is 6. The number of rotatable bonds is 8. The van der Waals surface area contributed by atoms with Gasteiger partial charge in [0.25, 0.3) is 0 Å². The first-order chi connectivity index (χ1) is 19.8. The van der Waals surface area contributed by atoms with Crippen molar-refractivity contribution in [2.24, 2.45) is 41.4 Å². The lowest BCUT2D eigenvalue weighted by Crippen LogP contribution is -2.55. The molecular weight excluding hydrogens is 516 g/mol. The van der Waals surface area contributed by atoms with Crippen LogP contribution in [0.3, 0.4) is 0 Å². The van der Waals surface area contributed by atoms with Crippen LogP contribution in [0.1, 0.15) is 78.6 Å². The Morgan fingerprint density at radius 1 is 0.927 bits per heavy atom. The van der Waals surface area contributed by atoms with E-state index in [9.17, 15) is 9.59 Å². The Labute approximate surface area is 249 Å². The molecule has 41 heavy (non-hydrogen) atoms. The number of morpholine rings is 1. The highest BCUT2D eigenvalue weighted by Crippen LogP contribution is 2.45. The van der Waals surface area contributed by atoms with Gasteiger partial charge in [0, 0.05) is 63.4 Å². The molecule has 5 rings (SSSR count). The van der Waals surface area contributed by atoms with E-state index >= 15 is 0 Å². The Morgan fingerprint density at radius 2 is 1.61 bits per heavy atom. The highest BCUT2D eigenvalue weighted by molar-refractivity contribution is 5.83. The minimum absolute atomic E-state index is 0.00740. The number of ether oxygens (including phenoxy) is 2. The first-order valence-electron chi connectivity index (χ1n) is 17.0. The fraction of sp³-hybridized carbons (Fsp3) is 0.939. The first-order valence-corrected chi connectivity index (χ1v) is 17.0. The lowest BCUT2D eigenvalue weighted by molar-refractivity contribution is -0.133. The van der Waals surface area contributed by atoms with Gasteiger partial charge in [-0.3, -0.25) is 19.4 Å². The van der Waals surface area contributed by atoms with E-state index in [0.717, 1.165) is 77.0 Å². The van der Waals surface area contributed by atoms with Gasteiger partial charge in [0.2, 0.25) is 11.8 Å². The monoisotopic (exact) mass is 574 g/mol. The summed E-state index contributed by atoms with van der Waals surface area (Å²) in [6, 6.07) is 1.17. The Kier molecular flexibility index (Phi) is 11.0. The summed E-state index contributed by atoms with van der Waals surface area (Å²) >= 11 is 0. The minimum Gasteiger partial charge on any atom is -0.381 e. The third kappa shape index (κ3) is 7.84. The molecule has 0 bridgehead atoms. The Bertz CT molecular complexity index is 852. The molecule has 234 valence electrons. The third-order valence-corrected chi connectivity index (χ3v) is 11.8. The van der Waals surface area contributed by atoms with Gasteiger partial charge in [-0.2, -0.15) is 0 Å². The third-order valence-electron chi connectivity index (χ3n) is 11.8. The second-order valence-corrected chi connectivity index (χ2v) is 14.4. The highest BCUT2D eigenvalue weighted by atomic mass is 16.5. The predicted molar refractivity (Wildman–Crippen MR) is 161 cm³/mol. The first kappa shape index (κ1) is 31.2. The zero-order valence-corrected chi connectivity index (χ0v) is 26.3. The van der Waals surface area contributed by atoms with E-state index in [1.54, 1.807) is 0 Å². The second-order valence-electron chi connectivity index (χ2n) is 14.4. The molecule has 7 atom stereocenters. The number of carbonyl (C=O) groups is 2. The molecule has 0 spiro atoms. The Balaban J connectivity index is 1.22. The van der Waals surface area contributed by atoms with Crippen LogP contribution in [0.5, 0.6) is 0 Å². The summed E-state index contributed by atoms with van der Waals surface area (Å²) < 4.78 is 11.2. The molecule has 3 saturated heterocycles. The second kappa shape index (κ2) is 14.5. The molecule has 3 heterocycles. The Hall–Kier alpha value is -1.22. The maximum absolute atomic E-state index is 13.9. The molecule has 5 fully saturated rings. The normalized spacial score (nSPS) is 39.8. The van der Waals surface area contributed by atoms with Gasteiger partial charge in [0.05, 0.1) is 19.1 Å². The number of nitrogens with zero attached hydrogens (tertiary/aromatic N) is 2. The topological polar surface area (TPSA) is 83.1 Å². The summed E-state index contributed by atoms with van der Waals surface area (Å²) in [6.45, 7) is 13.8. The molecule has 7 unspecified atom stereocenters. The smallest absolute Gasteiger partial charge is 0.225 e. The van der Waals surface area contributed by atoms with E-state index in [1.807, 2.05) is 0 Å². The molecule has 0 aromatic rings. The van der Waals surface area contributed by atoms with Crippen molar-refractivity contribution in [3.05, 3.63) is 0 Å². The van der Waals surface area contributed by atoms with E-state index in [-0.39, 0.29) is 35.6 Å². The molecule has 2 amide bonds. The molecule has 2 aliphatic carbocycles. The number of hydrogen-bond donors (Lipinski definition) is 2. The van der Waals surface area contributed by atoms with Gasteiger partial charge in [-0.15, -0.1) is 0 Å². The van der Waals surface area contributed by atoms with Crippen LogP contribution in [0.4, 0.5) is 0 Å². The molecular formula is C33H58N4O4. The van der Waals surface area contributed by atoms with Crippen LogP contribution in [0, 0.1) is 41.4 Å². The zero-order chi connectivity index (χ0) is 28.9. The van der Waals surface area contributed by atoms with Crippen molar-refractivity contribution in [3.63, 3.8) is 0 Å². The van der Waals surface area contributed by atoms with Crippen molar-refractivity contribution in [3.8, 4) is 0 Å². The number of nitrogens with one attached hydrogen (secondary N) is 2. The molecule has 3 aliphatic heterocycles. The van der Waals surface area contributed by atoms with Crippen molar-refractivity contribution in [1.82, 2.24) is 20.4 Å². The largest absolute Gasteiger partial charge is 0.381 e. The van der Waals surface area contributed by atoms with Crippen LogP contribution >= 0.6 is 0 Å². The maximum atomic E-state index is 13.9. The molecule has 2 N–H and O–H groups in total. The summed E-state index contributed by atoms with van der Waals surface area (Å²) in [5.74, 6) is 2.85. The van der Waals surface area contributed by atoms with Crippen LogP contribution < -0.4 is 10.6 Å². The predicted octanol–water partition coefficient (Wildman–Crippen LogP) is 3.54. The molecule has 0 radical (unpaired) electrons. The molecule has 0 aromatic carbocycles. The molecule has 8 nitrogen and oxygen atoms in total. The fourth-order valence-electron chi connectivity index (χ4n) is 9.08. The quantitative estimate of drug-likeness (QED) is 0.462. The van der Waals surface area contributed by atoms with Gasteiger partial charge in [0.15, 0.2) is 0 Å². The van der Waals surface area contributed by atoms with E-state index in [1.165, 1.54) is 38.6 Å². The van der Waals surface area contributed by atoms with Gasteiger partial charge >= 0.3 is 0 Å². The minimum atomic E-state index is -0.132. The van der Waals surface area contributed by atoms with Gasteiger partial charge in [-0.05, 0) is 101 Å². The van der Waals surface area contributed by atoms with Gasteiger partial charge in [-0.25, -0.2) is 0 Å². The van der Waals surface area contributed by atoms with Crippen LogP contribution in [0.2, 0.25) is 0 Å². The molecule has 5 aliphatic rings. The van der Waals surface area contributed by atoms with Crippen LogP contribution in [0.25, 0.3) is 0 Å². The van der Waals surface area contributed by atoms with Crippen LogP contribution in [-0.4, -0.2) is 99.4 Å². The fourth-order valence-corrected chi connectivity index (χ4v) is 9.08. The average Bonchev–Trinajstić information content (AvgIpc) is 2.97. The van der Waals surface area contributed by atoms with Crippen molar-refractivity contribution in [2.45, 2.75) is 96.7 Å². The van der Waals surface area contributed by atoms with Crippen molar-refractivity contribution in [1.29, 1.82) is 0 Å². The van der Waals surface area contributed by atoms with Crippen LogP contribution in [-0.2, 0) is 19.1 Å². The van der Waals surface area contributed by atoms with Crippen LogP contribution in [0.15, 0.2) is 0 Å². The van der Waals surface area contributed by atoms with Crippen molar-refractivity contribution in [2.75, 3.05) is 59.7 Å². The lowest BCUT2D eigenvalue weighted by Gasteiger charge is -2.49. The lowest BCUT2D eigenvalue weighted by atomic mass is 9.63. The summed E-state index contributed by atoms with van der Waals surface area (Å²) in [6.07, 6.45) is 10.6. The summed E-state index contributed by atoms with van der Waals surface area (Å²) in [4.78, 5) is 31.8. The molecule has 2 saturated carbocycles. The van der Waals surface area contributed by atoms with E-state index < -0.39 is 0 Å². The average molecular weight is 575 g/mol. The summed E-state index contributed by atoms with van der Waals surface area (Å²) in [5, 5.41) is 6.38. The van der Waals surface area contributed by atoms with Crippen molar-refractivity contribution >= 4 is 11.8 Å². The highest BCUT2D eigenvalue weighted by Gasteiger charge is 2.45. The number of carbonyl (C=O) groups excluding carboxylic acids is 2. The number of piperidine rings is 1. The number of amides is 2. The molecule has 8 heteroatoms. The summed E-state index contributed by atoms with van der Waals surface area (Å²) in [5.41, 5.74) is 0. The SMILES string of the molecule is CC1CC(C)C(CNC(=O)C2CC(C3CCC(CN4CCOCC4)CC3)CC(N(C)C3CCOCC3)C2C)C(=O)N1. The zero-order valence-electron chi connectivity index (χ0n) is 26.3. The van der Waals surface area contributed by atoms with E-state index in [4.69, 9.17) is 9.47 Å². The Morgan fingerprint density at radius 3 is 2.29 bits per heavy atom. The van der Waals surface area contributed by atoms with Gasteiger partial charge in [0.1, 0.15) is 0 Å². The van der Waals surface area contributed by atoms with E-state index in [0.29, 0.717) is 30.5 Å². The maximum Gasteiger partial charge on any atom is 0.225 e. The van der Waals surface area contributed by atoms with Gasteiger partial charge < -0.3 is 20.1 Å². The van der Waals surface area contributed by atoms with Gasteiger partial charge in [-0.1, -0.05) is 13.8 Å². The van der Waals surface area contributed by atoms with E-state index in [2.05, 4.69) is 48.3 Å².